The van der Waals surface area contributed by atoms with E-state index in [9.17, 15) is 9.59 Å². The molecule has 4 bridgehead atoms. The molecule has 10 heteroatoms. The molecule has 42 heavy (non-hydrogen) atoms. The van der Waals surface area contributed by atoms with E-state index in [1.807, 2.05) is 56.8 Å². The van der Waals surface area contributed by atoms with Gasteiger partial charge in [-0.1, -0.05) is 29.0 Å². The number of morpholine rings is 1. The maximum absolute atomic E-state index is 14.4. The highest BCUT2D eigenvalue weighted by Gasteiger charge is 2.81. The predicted octanol–water partition coefficient (Wildman–Crippen LogP) is 3.55. The second-order valence-corrected chi connectivity index (χ2v) is 12.9. The van der Waals surface area contributed by atoms with Gasteiger partial charge in [-0.3, -0.25) is 19.2 Å². The Morgan fingerprint density at radius 3 is 2.76 bits per heavy atom. The number of hydrogen-bond donors (Lipinski definition) is 0. The van der Waals surface area contributed by atoms with Gasteiger partial charge in [0, 0.05) is 43.5 Å². The van der Waals surface area contributed by atoms with Crippen molar-refractivity contribution in [2.24, 2.45) is 11.8 Å². The third-order valence-electron chi connectivity index (χ3n) is 9.60. The second-order valence-electron chi connectivity index (χ2n) is 12.9. The lowest BCUT2D eigenvalue weighted by atomic mass is 9.51. The van der Waals surface area contributed by atoms with E-state index in [0.29, 0.717) is 41.2 Å². The second kappa shape index (κ2) is 9.86. The molecular formula is C32H38N4O6. The average Bonchev–Trinajstić information content (AvgIpc) is 3.49. The van der Waals surface area contributed by atoms with Gasteiger partial charge < -0.3 is 18.9 Å². The van der Waals surface area contributed by atoms with E-state index >= 15 is 0 Å². The Kier molecular flexibility index (Phi) is 6.45. The van der Waals surface area contributed by atoms with Gasteiger partial charge in [0.1, 0.15) is 29.4 Å². The van der Waals surface area contributed by atoms with Crippen LogP contribution in [0.5, 0.6) is 11.5 Å². The molecule has 222 valence electrons. The molecule has 6 aliphatic rings. The third-order valence-corrected chi connectivity index (χ3v) is 9.60. The van der Waals surface area contributed by atoms with Gasteiger partial charge in [-0.2, -0.15) is 0 Å². The summed E-state index contributed by atoms with van der Waals surface area (Å²) in [6, 6.07) is 5.39. The fourth-order valence-electron chi connectivity index (χ4n) is 7.66. The summed E-state index contributed by atoms with van der Waals surface area (Å²) in [4.78, 5) is 30.7. The van der Waals surface area contributed by atoms with Crippen LogP contribution in [0.1, 0.15) is 56.6 Å². The number of ketones is 2. The summed E-state index contributed by atoms with van der Waals surface area (Å²) >= 11 is 0. The minimum absolute atomic E-state index is 0.00550. The monoisotopic (exact) mass is 574 g/mol. The Hall–Kier alpha value is -3.34. The minimum Gasteiger partial charge on any atom is -0.486 e. The van der Waals surface area contributed by atoms with Crippen LogP contribution in [0, 0.1) is 11.8 Å². The van der Waals surface area contributed by atoms with Crippen LogP contribution < -0.4 is 9.47 Å². The Labute approximate surface area is 245 Å². The highest BCUT2D eigenvalue weighted by Crippen LogP contribution is 2.67. The van der Waals surface area contributed by atoms with E-state index in [0.717, 1.165) is 45.0 Å². The van der Waals surface area contributed by atoms with Crippen LogP contribution in [-0.2, 0) is 27.4 Å². The molecular weight excluding hydrogens is 536 g/mol. The maximum atomic E-state index is 14.4. The molecule has 4 atom stereocenters. The van der Waals surface area contributed by atoms with Crippen molar-refractivity contribution in [3.05, 3.63) is 59.0 Å². The summed E-state index contributed by atoms with van der Waals surface area (Å²) in [7, 11) is 0. The molecule has 4 heterocycles. The van der Waals surface area contributed by atoms with Gasteiger partial charge in [0.15, 0.2) is 22.8 Å². The third kappa shape index (κ3) is 4.02. The first-order valence-corrected chi connectivity index (χ1v) is 14.9. The van der Waals surface area contributed by atoms with E-state index < -0.39 is 16.8 Å². The summed E-state index contributed by atoms with van der Waals surface area (Å²) in [5.41, 5.74) is -0.418. The van der Waals surface area contributed by atoms with Gasteiger partial charge in [0.05, 0.1) is 31.6 Å². The molecule has 3 aliphatic heterocycles. The number of carbonyl (C=O) groups is 2. The number of ether oxygens (including phenoxy) is 4. The zero-order valence-electron chi connectivity index (χ0n) is 24.7. The number of aromatic nitrogens is 3. The molecule has 1 aromatic carbocycles. The van der Waals surface area contributed by atoms with Crippen molar-refractivity contribution in [3.63, 3.8) is 0 Å². The van der Waals surface area contributed by atoms with Crippen LogP contribution in [0.2, 0.25) is 0 Å². The zero-order valence-corrected chi connectivity index (χ0v) is 24.7. The Bertz CT molecular complexity index is 1500. The van der Waals surface area contributed by atoms with Crippen molar-refractivity contribution >= 4 is 11.6 Å². The van der Waals surface area contributed by atoms with Crippen LogP contribution >= 0.6 is 0 Å². The zero-order chi connectivity index (χ0) is 29.3. The van der Waals surface area contributed by atoms with Crippen LogP contribution in [0.4, 0.5) is 0 Å². The van der Waals surface area contributed by atoms with E-state index in [1.54, 1.807) is 12.1 Å². The highest BCUT2D eigenvalue weighted by atomic mass is 16.6. The Morgan fingerprint density at radius 2 is 1.98 bits per heavy atom. The highest BCUT2D eigenvalue weighted by molar-refractivity contribution is 6.18. The molecule has 10 nitrogen and oxygen atoms in total. The van der Waals surface area contributed by atoms with Crippen molar-refractivity contribution in [2.75, 3.05) is 32.8 Å². The number of hydrogen-bond acceptors (Lipinski definition) is 9. The number of allylic oxidation sites excluding steroid dienone is 2. The normalized spacial score (nSPS) is 30.8. The van der Waals surface area contributed by atoms with E-state index in [2.05, 4.69) is 15.2 Å². The molecule has 2 saturated heterocycles. The Morgan fingerprint density at radius 1 is 1.17 bits per heavy atom. The molecule has 0 radical (unpaired) electrons. The SMILES string of the molecule is CC(C)=CC[C@]12OC(C)(C)C3C[C@H](C=C4C(=O)c5c(OCc6cn(CCN7CCOCC7)nn6)cccc5OC431)C2=O. The van der Waals surface area contributed by atoms with Crippen LogP contribution in [0.15, 0.2) is 47.7 Å². The lowest BCUT2D eigenvalue weighted by Crippen LogP contribution is -2.72. The number of carbonyl (C=O) groups excluding carboxylic acids is 2. The number of Topliss-reactive ketones (excluding diaryl/α,β-unsaturated/α-hetero) is 2. The van der Waals surface area contributed by atoms with Gasteiger partial charge in [-0.25, -0.2) is 0 Å². The topological polar surface area (TPSA) is 105 Å². The number of benzene rings is 1. The molecule has 2 unspecified atom stereocenters. The number of nitrogens with zero attached hydrogens (tertiary/aromatic N) is 4. The summed E-state index contributed by atoms with van der Waals surface area (Å²) in [6.45, 7) is 13.2. The van der Waals surface area contributed by atoms with Gasteiger partial charge in [-0.05, 0) is 46.2 Å². The molecule has 0 N–H and O–H groups in total. The molecule has 2 aromatic rings. The van der Waals surface area contributed by atoms with Gasteiger partial charge in [0.25, 0.3) is 0 Å². The maximum Gasteiger partial charge on any atom is 0.200 e. The largest absolute Gasteiger partial charge is 0.486 e. The van der Waals surface area contributed by atoms with Crippen molar-refractivity contribution in [2.45, 2.75) is 70.5 Å². The molecule has 1 aromatic heterocycles. The minimum atomic E-state index is -1.25. The first-order chi connectivity index (χ1) is 20.1. The number of fused-ring (bicyclic) bond motifs is 1. The summed E-state index contributed by atoms with van der Waals surface area (Å²) in [5.74, 6) is 0.165. The summed E-state index contributed by atoms with van der Waals surface area (Å²) in [6.07, 6.45) is 6.71. The quantitative estimate of drug-likeness (QED) is 0.438. The van der Waals surface area contributed by atoms with Crippen molar-refractivity contribution in [1.29, 1.82) is 0 Å². The first kappa shape index (κ1) is 27.5. The van der Waals surface area contributed by atoms with Gasteiger partial charge in [0.2, 0.25) is 0 Å². The van der Waals surface area contributed by atoms with E-state index in [-0.39, 0.29) is 30.0 Å². The van der Waals surface area contributed by atoms with Crippen molar-refractivity contribution < 1.29 is 28.5 Å². The molecule has 3 fully saturated rings. The van der Waals surface area contributed by atoms with Gasteiger partial charge in [-0.15, -0.1) is 5.10 Å². The fraction of sp³-hybridized carbons (Fsp3) is 0.562. The summed E-state index contributed by atoms with van der Waals surface area (Å²) in [5, 5.41) is 8.53. The van der Waals surface area contributed by atoms with E-state index in [4.69, 9.17) is 18.9 Å². The smallest absolute Gasteiger partial charge is 0.200 e. The number of rotatable bonds is 8. The molecule has 0 amide bonds. The lowest BCUT2D eigenvalue weighted by molar-refractivity contribution is -0.171. The average molecular weight is 575 g/mol. The summed E-state index contributed by atoms with van der Waals surface area (Å²) < 4.78 is 27.0. The van der Waals surface area contributed by atoms with Crippen molar-refractivity contribution in [1.82, 2.24) is 19.9 Å². The molecule has 1 spiro atoms. The lowest BCUT2D eigenvalue weighted by Gasteiger charge is -2.56. The van der Waals surface area contributed by atoms with Crippen molar-refractivity contribution in [3.8, 4) is 11.5 Å². The van der Waals surface area contributed by atoms with Crippen LogP contribution in [0.3, 0.4) is 0 Å². The predicted molar refractivity (Wildman–Crippen MR) is 152 cm³/mol. The molecule has 1 saturated carbocycles. The van der Waals surface area contributed by atoms with Crippen LogP contribution in [-0.4, -0.2) is 81.1 Å². The van der Waals surface area contributed by atoms with Gasteiger partial charge >= 0.3 is 0 Å². The van der Waals surface area contributed by atoms with Crippen LogP contribution in [0.25, 0.3) is 0 Å². The standard InChI is InChI=1S/C32H38N4O6/c1-20(2)8-9-31-29(38)21-16-23-28(37)27-24(6-5-7-25(27)41-32(23,31)26(17-21)30(3,4)42-31)40-19-22-18-36(34-33-22)11-10-35-12-14-39-15-13-35/h5-8,16,18,21,26H,9-15,17,19H2,1-4H3/t21-,26?,31+,32?/m0/s1. The fourth-order valence-corrected chi connectivity index (χ4v) is 7.66. The molecule has 3 aliphatic carbocycles. The molecule has 8 rings (SSSR count). The first-order valence-electron chi connectivity index (χ1n) is 14.9. The Balaban J connectivity index is 1.16. The van der Waals surface area contributed by atoms with E-state index in [1.165, 1.54) is 0 Å².